The summed E-state index contributed by atoms with van der Waals surface area (Å²) in [7, 11) is 1.18. The molecule has 1 N–H and O–H groups in total. The van der Waals surface area contributed by atoms with E-state index in [2.05, 4.69) is 5.32 Å². The molecule has 0 radical (unpaired) electrons. The van der Waals surface area contributed by atoms with Gasteiger partial charge in [0.05, 0.1) is 12.7 Å². The van der Waals surface area contributed by atoms with Crippen LogP contribution in [0, 0.1) is 0 Å². The second-order valence-corrected chi connectivity index (χ2v) is 6.51. The molecular formula is C22H18F3NO3. The number of nitrogens with one attached hydrogen (secondary N) is 1. The van der Waals surface area contributed by atoms with Gasteiger partial charge < -0.3 is 10.1 Å². The summed E-state index contributed by atoms with van der Waals surface area (Å²) in [6.45, 7) is 0. The summed E-state index contributed by atoms with van der Waals surface area (Å²) >= 11 is 0. The van der Waals surface area contributed by atoms with E-state index in [0.717, 1.165) is 22.9 Å². The first-order valence-corrected chi connectivity index (χ1v) is 8.81. The first kappa shape index (κ1) is 20.4. The number of carbonyl (C=O) groups is 2. The van der Waals surface area contributed by atoms with Crippen LogP contribution in [-0.2, 0) is 22.1 Å². The molecule has 0 aliphatic rings. The van der Waals surface area contributed by atoms with Gasteiger partial charge in [-0.15, -0.1) is 0 Å². The highest BCUT2D eigenvalue weighted by Gasteiger charge is 2.30. The van der Waals surface area contributed by atoms with Gasteiger partial charge >= 0.3 is 12.1 Å². The van der Waals surface area contributed by atoms with Gasteiger partial charge in [0.2, 0.25) is 0 Å². The maximum absolute atomic E-state index is 12.7. The largest absolute Gasteiger partial charge is 0.467 e. The molecule has 0 saturated heterocycles. The molecule has 3 aromatic rings. The van der Waals surface area contributed by atoms with Crippen LogP contribution in [0.15, 0.2) is 66.7 Å². The molecule has 0 spiro atoms. The van der Waals surface area contributed by atoms with Crippen molar-refractivity contribution in [2.45, 2.75) is 18.6 Å². The summed E-state index contributed by atoms with van der Waals surface area (Å²) in [6.07, 6.45) is -4.44. The lowest BCUT2D eigenvalue weighted by atomic mass is 10.0. The lowest BCUT2D eigenvalue weighted by Crippen LogP contribution is -2.43. The van der Waals surface area contributed by atoms with Crippen molar-refractivity contribution < 1.29 is 27.5 Å². The molecule has 150 valence electrons. The Morgan fingerprint density at radius 3 is 2.24 bits per heavy atom. The van der Waals surface area contributed by atoms with Gasteiger partial charge in [0, 0.05) is 12.0 Å². The molecule has 0 unspecified atom stereocenters. The Morgan fingerprint density at radius 2 is 1.62 bits per heavy atom. The number of ether oxygens (including phenoxy) is 1. The van der Waals surface area contributed by atoms with Gasteiger partial charge in [-0.05, 0) is 40.6 Å². The Balaban J connectivity index is 1.77. The van der Waals surface area contributed by atoms with Crippen molar-refractivity contribution >= 4 is 22.6 Å². The number of rotatable bonds is 5. The number of fused-ring (bicyclic) bond motifs is 1. The van der Waals surface area contributed by atoms with Crippen molar-refractivity contribution in [2.75, 3.05) is 7.11 Å². The smallest absolute Gasteiger partial charge is 0.416 e. The zero-order valence-electron chi connectivity index (χ0n) is 15.5. The first-order valence-electron chi connectivity index (χ1n) is 8.81. The second kappa shape index (κ2) is 8.34. The van der Waals surface area contributed by atoms with Crippen LogP contribution in [0.1, 0.15) is 21.5 Å². The molecule has 0 bridgehead atoms. The third-order valence-electron chi connectivity index (χ3n) is 4.52. The molecule has 0 aliphatic carbocycles. The maximum atomic E-state index is 12.7. The van der Waals surface area contributed by atoms with E-state index >= 15 is 0 Å². The number of hydrogen-bond donors (Lipinski definition) is 1. The molecule has 7 heteroatoms. The molecule has 1 amide bonds. The van der Waals surface area contributed by atoms with Crippen molar-refractivity contribution in [1.29, 1.82) is 0 Å². The zero-order chi connectivity index (χ0) is 21.0. The Bertz CT molecular complexity index is 1030. The standard InChI is InChI=1S/C22H18F3NO3/c1-29-21(28)19(12-14-6-10-18(11-7-14)22(23,24)25)26-20(27)17-9-8-15-4-2-3-5-16(15)13-17/h2-11,13,19H,12H2,1H3,(H,26,27)/t19-/m0/s1. The molecule has 0 fully saturated rings. The summed E-state index contributed by atoms with van der Waals surface area (Å²) in [5, 5.41) is 4.45. The van der Waals surface area contributed by atoms with Crippen molar-refractivity contribution in [3.63, 3.8) is 0 Å². The highest BCUT2D eigenvalue weighted by molar-refractivity contribution is 6.00. The molecule has 0 heterocycles. The lowest BCUT2D eigenvalue weighted by Gasteiger charge is -2.17. The Hall–Kier alpha value is -3.35. The van der Waals surface area contributed by atoms with E-state index in [-0.39, 0.29) is 6.42 Å². The highest BCUT2D eigenvalue weighted by Crippen LogP contribution is 2.29. The number of carbonyl (C=O) groups excluding carboxylic acids is 2. The van der Waals surface area contributed by atoms with Gasteiger partial charge in [-0.2, -0.15) is 13.2 Å². The minimum atomic E-state index is -4.44. The van der Waals surface area contributed by atoms with Gasteiger partial charge in [0.25, 0.3) is 5.91 Å². The number of halogens is 3. The minimum absolute atomic E-state index is 0.00410. The van der Waals surface area contributed by atoms with E-state index < -0.39 is 29.7 Å². The summed E-state index contributed by atoms with van der Waals surface area (Å²) in [5.41, 5.74) is 0.0494. The average Bonchev–Trinajstić information content (AvgIpc) is 2.72. The summed E-state index contributed by atoms with van der Waals surface area (Å²) in [6, 6.07) is 16.1. The molecule has 1 atom stereocenters. The SMILES string of the molecule is COC(=O)[C@H](Cc1ccc(C(F)(F)F)cc1)NC(=O)c1ccc2ccccc2c1. The third kappa shape index (κ3) is 4.93. The minimum Gasteiger partial charge on any atom is -0.467 e. The van der Waals surface area contributed by atoms with Crippen molar-refractivity contribution in [3.05, 3.63) is 83.4 Å². The highest BCUT2D eigenvalue weighted by atomic mass is 19.4. The van der Waals surface area contributed by atoms with Gasteiger partial charge in [0.1, 0.15) is 6.04 Å². The third-order valence-corrected chi connectivity index (χ3v) is 4.52. The number of methoxy groups -OCH3 is 1. The molecular weight excluding hydrogens is 383 g/mol. The number of alkyl halides is 3. The van der Waals surface area contributed by atoms with Crippen LogP contribution in [0.4, 0.5) is 13.2 Å². The van der Waals surface area contributed by atoms with E-state index in [4.69, 9.17) is 4.74 Å². The normalized spacial score (nSPS) is 12.4. The van der Waals surface area contributed by atoms with Crippen LogP contribution in [0.2, 0.25) is 0 Å². The zero-order valence-corrected chi connectivity index (χ0v) is 15.5. The fourth-order valence-corrected chi connectivity index (χ4v) is 2.97. The van der Waals surface area contributed by atoms with Crippen LogP contribution in [-0.4, -0.2) is 25.0 Å². The van der Waals surface area contributed by atoms with E-state index in [0.29, 0.717) is 11.1 Å². The molecule has 0 aromatic heterocycles. The molecule has 0 saturated carbocycles. The van der Waals surface area contributed by atoms with E-state index in [1.165, 1.54) is 19.2 Å². The predicted molar refractivity (Wildman–Crippen MR) is 102 cm³/mol. The summed E-state index contributed by atoms with van der Waals surface area (Å²) in [4.78, 5) is 24.7. The van der Waals surface area contributed by atoms with Crippen LogP contribution >= 0.6 is 0 Å². The fraction of sp³-hybridized carbons (Fsp3) is 0.182. The van der Waals surface area contributed by atoms with Gasteiger partial charge in [-0.3, -0.25) is 4.79 Å². The molecule has 4 nitrogen and oxygen atoms in total. The second-order valence-electron chi connectivity index (χ2n) is 6.51. The van der Waals surface area contributed by atoms with Crippen LogP contribution < -0.4 is 5.32 Å². The predicted octanol–water partition coefficient (Wildman–Crippen LogP) is 4.37. The Kier molecular flexibility index (Phi) is 5.87. The van der Waals surface area contributed by atoms with E-state index in [1.54, 1.807) is 18.2 Å². The molecule has 3 aromatic carbocycles. The van der Waals surface area contributed by atoms with Gasteiger partial charge in [-0.25, -0.2) is 4.79 Å². The quantitative estimate of drug-likeness (QED) is 0.646. The maximum Gasteiger partial charge on any atom is 0.416 e. The topological polar surface area (TPSA) is 55.4 Å². The van der Waals surface area contributed by atoms with Crippen LogP contribution in [0.3, 0.4) is 0 Å². The molecule has 0 aliphatic heterocycles. The number of amides is 1. The lowest BCUT2D eigenvalue weighted by molar-refractivity contribution is -0.143. The Morgan fingerprint density at radius 1 is 0.966 bits per heavy atom. The van der Waals surface area contributed by atoms with Crippen LogP contribution in [0.5, 0.6) is 0 Å². The molecule has 29 heavy (non-hydrogen) atoms. The first-order chi connectivity index (χ1) is 13.8. The van der Waals surface area contributed by atoms with Crippen LogP contribution in [0.25, 0.3) is 10.8 Å². The van der Waals surface area contributed by atoms with E-state index in [1.807, 2.05) is 24.3 Å². The molecule has 3 rings (SSSR count). The van der Waals surface area contributed by atoms with Crippen molar-refractivity contribution in [3.8, 4) is 0 Å². The summed E-state index contributed by atoms with van der Waals surface area (Å²) < 4.78 is 42.8. The Labute approximate surface area is 165 Å². The average molecular weight is 401 g/mol. The number of esters is 1. The monoisotopic (exact) mass is 401 g/mol. The van der Waals surface area contributed by atoms with Crippen molar-refractivity contribution in [1.82, 2.24) is 5.32 Å². The number of benzene rings is 3. The van der Waals surface area contributed by atoms with Gasteiger partial charge in [0.15, 0.2) is 0 Å². The van der Waals surface area contributed by atoms with Gasteiger partial charge in [-0.1, -0.05) is 42.5 Å². The fourth-order valence-electron chi connectivity index (χ4n) is 2.97. The van der Waals surface area contributed by atoms with E-state index in [9.17, 15) is 22.8 Å². The summed E-state index contributed by atoms with van der Waals surface area (Å²) in [5.74, 6) is -1.16. The van der Waals surface area contributed by atoms with Crippen molar-refractivity contribution in [2.24, 2.45) is 0 Å². The number of hydrogen-bond acceptors (Lipinski definition) is 3.